The Morgan fingerprint density at radius 1 is 1.06 bits per heavy atom. The maximum atomic E-state index is 4.88. The zero-order valence-corrected chi connectivity index (χ0v) is 11.3. The molecule has 0 aliphatic rings. The fourth-order valence-electron chi connectivity index (χ4n) is 2.49. The van der Waals surface area contributed by atoms with E-state index in [1.165, 1.54) is 5.56 Å². The summed E-state index contributed by atoms with van der Waals surface area (Å²) >= 11 is 4.88. The Morgan fingerprint density at radius 2 is 1.56 bits per heavy atom. The molecule has 87 valence electrons. The van der Waals surface area contributed by atoms with Crippen LogP contribution in [0.2, 0.25) is 0 Å². The van der Waals surface area contributed by atoms with Crippen LogP contribution in [0.3, 0.4) is 0 Å². The van der Waals surface area contributed by atoms with Gasteiger partial charge in [-0.25, -0.2) is 0 Å². The highest BCUT2D eigenvalue weighted by molar-refractivity contribution is 7.78. The number of nitrogens with one attached hydrogen (secondary N) is 1. The zero-order valence-electron chi connectivity index (χ0n) is 10.4. The van der Waals surface area contributed by atoms with Gasteiger partial charge in [0.1, 0.15) is 5.49 Å². The highest BCUT2D eigenvalue weighted by Crippen LogP contribution is 2.36. The Morgan fingerprint density at radius 3 is 1.94 bits per heavy atom. The Hall–Kier alpha value is -0.890. The number of benzene rings is 1. The predicted molar refractivity (Wildman–Crippen MR) is 73.5 cm³/mol. The van der Waals surface area contributed by atoms with E-state index in [0.29, 0.717) is 11.8 Å². The van der Waals surface area contributed by atoms with E-state index >= 15 is 0 Å². The standard InChI is InChI=1S/C14H20NS/c1-11(2)14(12(3)4,15-10-16)13-8-6-5-7-9-13/h5-9,11-12H,1-4H3,(H,15,16). The molecule has 0 saturated carbocycles. The van der Waals surface area contributed by atoms with Crippen LogP contribution in [0.5, 0.6) is 0 Å². The van der Waals surface area contributed by atoms with Crippen molar-refractivity contribution in [3.05, 3.63) is 35.9 Å². The first-order valence-electron chi connectivity index (χ1n) is 5.75. The van der Waals surface area contributed by atoms with Gasteiger partial charge in [-0.15, -0.1) is 0 Å². The van der Waals surface area contributed by atoms with Gasteiger partial charge in [0.2, 0.25) is 0 Å². The largest absolute Gasteiger partial charge is 0.364 e. The van der Waals surface area contributed by atoms with Gasteiger partial charge in [-0.1, -0.05) is 70.2 Å². The minimum Gasteiger partial charge on any atom is -0.364 e. The lowest BCUT2D eigenvalue weighted by Gasteiger charge is -2.42. The Bertz CT molecular complexity index is 322. The van der Waals surface area contributed by atoms with Crippen molar-refractivity contribution in [1.29, 1.82) is 0 Å². The summed E-state index contributed by atoms with van der Waals surface area (Å²) in [4.78, 5) is 0. The second-order valence-electron chi connectivity index (χ2n) is 4.77. The average Bonchev–Trinajstić information content (AvgIpc) is 2.26. The summed E-state index contributed by atoms with van der Waals surface area (Å²) < 4.78 is 0. The molecule has 1 rings (SSSR count). The van der Waals surface area contributed by atoms with Gasteiger partial charge < -0.3 is 5.32 Å². The first kappa shape index (κ1) is 13.2. The molecule has 0 aliphatic carbocycles. The molecule has 0 aromatic heterocycles. The topological polar surface area (TPSA) is 12.0 Å². The SMILES string of the molecule is CC(C)C(N[C]=S)(c1ccccc1)C(C)C. The van der Waals surface area contributed by atoms with Crippen molar-refractivity contribution >= 4 is 17.7 Å². The van der Waals surface area contributed by atoms with E-state index in [-0.39, 0.29) is 5.54 Å². The highest BCUT2D eigenvalue weighted by atomic mass is 32.1. The average molecular weight is 234 g/mol. The monoisotopic (exact) mass is 234 g/mol. The lowest BCUT2D eigenvalue weighted by Crippen LogP contribution is -2.50. The van der Waals surface area contributed by atoms with Crippen molar-refractivity contribution in [3.8, 4) is 0 Å². The maximum absolute atomic E-state index is 4.88. The number of rotatable bonds is 5. The number of hydrogen-bond acceptors (Lipinski definition) is 1. The lowest BCUT2D eigenvalue weighted by atomic mass is 9.72. The second kappa shape index (κ2) is 5.44. The van der Waals surface area contributed by atoms with Gasteiger partial charge in [0.05, 0.1) is 5.54 Å². The molecule has 0 heterocycles. The van der Waals surface area contributed by atoms with Crippen molar-refractivity contribution in [1.82, 2.24) is 5.32 Å². The first-order chi connectivity index (χ1) is 7.55. The Labute approximate surface area is 104 Å². The molecule has 1 radical (unpaired) electrons. The van der Waals surface area contributed by atoms with Crippen LogP contribution in [-0.2, 0) is 5.54 Å². The van der Waals surface area contributed by atoms with Gasteiger partial charge in [0.15, 0.2) is 0 Å². The molecule has 0 amide bonds. The van der Waals surface area contributed by atoms with Gasteiger partial charge >= 0.3 is 0 Å². The predicted octanol–water partition coefficient (Wildman–Crippen LogP) is 3.62. The molecular weight excluding hydrogens is 214 g/mol. The van der Waals surface area contributed by atoms with E-state index in [1.54, 1.807) is 0 Å². The molecule has 0 unspecified atom stereocenters. The summed E-state index contributed by atoms with van der Waals surface area (Å²) in [5.41, 5.74) is 3.86. The van der Waals surface area contributed by atoms with Crippen LogP contribution < -0.4 is 5.32 Å². The van der Waals surface area contributed by atoms with Crippen LogP contribution in [0.25, 0.3) is 0 Å². The molecule has 0 atom stereocenters. The molecule has 0 saturated heterocycles. The summed E-state index contributed by atoms with van der Waals surface area (Å²) in [6.07, 6.45) is 0. The van der Waals surface area contributed by atoms with Gasteiger partial charge in [-0.05, 0) is 17.4 Å². The van der Waals surface area contributed by atoms with Crippen LogP contribution in [0, 0.1) is 11.8 Å². The summed E-state index contributed by atoms with van der Waals surface area (Å²) in [5.74, 6) is 0.899. The van der Waals surface area contributed by atoms with E-state index in [2.05, 4.69) is 62.8 Å². The third kappa shape index (κ3) is 2.27. The lowest BCUT2D eigenvalue weighted by molar-refractivity contribution is 0.199. The molecule has 0 spiro atoms. The molecule has 1 nitrogen and oxygen atoms in total. The maximum Gasteiger partial charge on any atom is 0.134 e. The number of thiocarbonyl (C=S) groups is 1. The molecule has 16 heavy (non-hydrogen) atoms. The Balaban J connectivity index is 3.27. The fraction of sp³-hybridized carbons (Fsp3) is 0.500. The van der Waals surface area contributed by atoms with Gasteiger partial charge in [0.25, 0.3) is 0 Å². The van der Waals surface area contributed by atoms with Crippen LogP contribution >= 0.6 is 12.2 Å². The first-order valence-corrected chi connectivity index (χ1v) is 6.16. The second-order valence-corrected chi connectivity index (χ2v) is 4.98. The molecule has 1 aromatic carbocycles. The molecule has 0 bridgehead atoms. The van der Waals surface area contributed by atoms with Crippen LogP contribution in [-0.4, -0.2) is 5.49 Å². The molecular formula is C14H20NS. The van der Waals surface area contributed by atoms with Gasteiger partial charge in [-0.3, -0.25) is 0 Å². The summed E-state index contributed by atoms with van der Waals surface area (Å²) in [7, 11) is 0. The van der Waals surface area contributed by atoms with Crippen LogP contribution in [0.15, 0.2) is 30.3 Å². The molecule has 1 N–H and O–H groups in total. The quantitative estimate of drug-likeness (QED) is 0.617. The van der Waals surface area contributed by atoms with Crippen molar-refractivity contribution in [2.75, 3.05) is 0 Å². The van der Waals surface area contributed by atoms with Crippen molar-refractivity contribution in [2.45, 2.75) is 33.2 Å². The van der Waals surface area contributed by atoms with Crippen LogP contribution in [0.4, 0.5) is 0 Å². The molecule has 0 aliphatic heterocycles. The summed E-state index contributed by atoms with van der Waals surface area (Å²) in [6, 6.07) is 10.5. The van der Waals surface area contributed by atoms with E-state index in [9.17, 15) is 0 Å². The smallest absolute Gasteiger partial charge is 0.134 e. The Kier molecular flexibility index (Phi) is 4.48. The van der Waals surface area contributed by atoms with Crippen molar-refractivity contribution < 1.29 is 0 Å². The van der Waals surface area contributed by atoms with E-state index < -0.39 is 0 Å². The van der Waals surface area contributed by atoms with Gasteiger partial charge in [-0.2, -0.15) is 0 Å². The van der Waals surface area contributed by atoms with Gasteiger partial charge in [0, 0.05) is 0 Å². The van der Waals surface area contributed by atoms with E-state index in [1.807, 2.05) is 6.07 Å². The fourth-order valence-corrected chi connectivity index (χ4v) is 2.66. The number of hydrogen-bond donors (Lipinski definition) is 1. The molecule has 0 fully saturated rings. The third-order valence-electron chi connectivity index (χ3n) is 3.33. The minimum absolute atomic E-state index is 0.122. The van der Waals surface area contributed by atoms with Crippen molar-refractivity contribution in [3.63, 3.8) is 0 Å². The zero-order chi connectivity index (χ0) is 12.2. The summed E-state index contributed by atoms with van der Waals surface area (Å²) in [6.45, 7) is 8.86. The van der Waals surface area contributed by atoms with Crippen LogP contribution in [0.1, 0.15) is 33.3 Å². The normalized spacial score (nSPS) is 11.9. The highest BCUT2D eigenvalue weighted by Gasteiger charge is 2.37. The molecule has 2 heteroatoms. The third-order valence-corrected chi connectivity index (χ3v) is 3.43. The van der Waals surface area contributed by atoms with Crippen molar-refractivity contribution in [2.24, 2.45) is 11.8 Å². The summed E-state index contributed by atoms with van der Waals surface area (Å²) in [5, 5.41) is 3.28. The van der Waals surface area contributed by atoms with E-state index in [4.69, 9.17) is 12.2 Å². The van der Waals surface area contributed by atoms with E-state index in [0.717, 1.165) is 0 Å². The molecule has 1 aromatic rings. The minimum atomic E-state index is -0.122.